The van der Waals surface area contributed by atoms with Crippen LogP contribution in [0.15, 0.2) is 18.3 Å². The zero-order chi connectivity index (χ0) is 13.6. The summed E-state index contributed by atoms with van der Waals surface area (Å²) in [7, 11) is 0. The van der Waals surface area contributed by atoms with Crippen molar-refractivity contribution in [1.29, 1.82) is 0 Å². The fraction of sp³-hybridized carbons (Fsp3) is 0.400. The maximum absolute atomic E-state index is 11.7. The van der Waals surface area contributed by atoms with Gasteiger partial charge in [0.25, 0.3) is 5.91 Å². The van der Waals surface area contributed by atoms with E-state index < -0.39 is 18.7 Å². The van der Waals surface area contributed by atoms with Crippen molar-refractivity contribution in [2.75, 3.05) is 25.5 Å². The molecule has 0 aliphatic carbocycles. The molecule has 18 heavy (non-hydrogen) atoms. The molecule has 0 aromatic carbocycles. The molecule has 5 nitrogen and oxygen atoms in total. The Labute approximate surface area is 101 Å². The van der Waals surface area contributed by atoms with Gasteiger partial charge in [-0.3, -0.25) is 4.79 Å². The van der Waals surface area contributed by atoms with Crippen LogP contribution in [0.2, 0.25) is 0 Å². The summed E-state index contributed by atoms with van der Waals surface area (Å²) >= 11 is 0. The van der Waals surface area contributed by atoms with Gasteiger partial charge in [0, 0.05) is 12.7 Å². The van der Waals surface area contributed by atoms with Crippen molar-refractivity contribution in [3.8, 4) is 0 Å². The number of nitrogens with two attached hydrogens (primary N) is 1. The second-order valence-corrected chi connectivity index (χ2v) is 3.40. The molecular formula is C10H12F3N3O2. The van der Waals surface area contributed by atoms with E-state index in [-0.39, 0.29) is 24.5 Å². The van der Waals surface area contributed by atoms with Crippen LogP contribution in [0.25, 0.3) is 0 Å². The van der Waals surface area contributed by atoms with Crippen LogP contribution in [0.5, 0.6) is 0 Å². The number of aromatic nitrogens is 1. The molecule has 1 amide bonds. The van der Waals surface area contributed by atoms with Gasteiger partial charge in [0.05, 0.1) is 12.2 Å². The topological polar surface area (TPSA) is 77.2 Å². The van der Waals surface area contributed by atoms with Gasteiger partial charge in [0.15, 0.2) is 0 Å². The molecule has 0 aliphatic heterocycles. The number of alkyl halides is 3. The van der Waals surface area contributed by atoms with Gasteiger partial charge in [-0.25, -0.2) is 4.98 Å². The molecular weight excluding hydrogens is 251 g/mol. The van der Waals surface area contributed by atoms with Crippen molar-refractivity contribution in [2.24, 2.45) is 0 Å². The molecule has 0 radical (unpaired) electrons. The van der Waals surface area contributed by atoms with Crippen molar-refractivity contribution in [2.45, 2.75) is 6.18 Å². The number of nitrogens with zero attached hydrogens (tertiary/aromatic N) is 1. The smallest absolute Gasteiger partial charge is 0.384 e. The molecule has 0 saturated heterocycles. The third-order valence-electron chi connectivity index (χ3n) is 1.85. The highest BCUT2D eigenvalue weighted by Crippen LogP contribution is 2.13. The Balaban J connectivity index is 2.24. The predicted octanol–water partition coefficient (Wildman–Crippen LogP) is 0.973. The summed E-state index contributed by atoms with van der Waals surface area (Å²) in [6.45, 7) is -1.56. The first-order valence-corrected chi connectivity index (χ1v) is 5.03. The molecule has 0 spiro atoms. The van der Waals surface area contributed by atoms with Crippen LogP contribution in [0.3, 0.4) is 0 Å². The first-order valence-electron chi connectivity index (χ1n) is 5.03. The summed E-state index contributed by atoms with van der Waals surface area (Å²) < 4.78 is 39.5. The molecule has 0 saturated carbocycles. The molecule has 0 bridgehead atoms. The Hall–Kier alpha value is -1.83. The zero-order valence-corrected chi connectivity index (χ0v) is 9.33. The van der Waals surface area contributed by atoms with E-state index in [1.807, 2.05) is 0 Å². The number of rotatable bonds is 5. The van der Waals surface area contributed by atoms with Crippen LogP contribution in [0.4, 0.5) is 19.0 Å². The Morgan fingerprint density at radius 1 is 1.44 bits per heavy atom. The average Bonchev–Trinajstić information content (AvgIpc) is 2.27. The number of hydrogen-bond donors (Lipinski definition) is 2. The van der Waals surface area contributed by atoms with E-state index in [4.69, 9.17) is 5.73 Å². The minimum atomic E-state index is -4.36. The minimum absolute atomic E-state index is 0.0146. The van der Waals surface area contributed by atoms with Crippen molar-refractivity contribution in [3.05, 3.63) is 23.9 Å². The molecule has 1 aromatic heterocycles. The number of carbonyl (C=O) groups is 1. The van der Waals surface area contributed by atoms with Crippen LogP contribution >= 0.6 is 0 Å². The normalized spacial score (nSPS) is 11.3. The first kappa shape index (κ1) is 14.2. The first-order chi connectivity index (χ1) is 8.38. The number of pyridine rings is 1. The van der Waals surface area contributed by atoms with Gasteiger partial charge in [-0.05, 0) is 12.1 Å². The Morgan fingerprint density at radius 3 is 2.72 bits per heavy atom. The second kappa shape index (κ2) is 6.20. The number of anilines is 1. The maximum atomic E-state index is 11.7. The summed E-state index contributed by atoms with van der Waals surface area (Å²) in [4.78, 5) is 15.2. The number of carbonyl (C=O) groups excluding carboxylic acids is 1. The van der Waals surface area contributed by atoms with Crippen molar-refractivity contribution < 1.29 is 22.7 Å². The largest absolute Gasteiger partial charge is 0.411 e. The average molecular weight is 263 g/mol. The molecule has 0 atom stereocenters. The van der Waals surface area contributed by atoms with Gasteiger partial charge in [0.1, 0.15) is 12.4 Å². The molecule has 1 heterocycles. The van der Waals surface area contributed by atoms with Gasteiger partial charge in [-0.1, -0.05) is 0 Å². The molecule has 100 valence electrons. The van der Waals surface area contributed by atoms with E-state index >= 15 is 0 Å². The number of halogens is 3. The summed E-state index contributed by atoms with van der Waals surface area (Å²) in [5, 5.41) is 2.39. The lowest BCUT2D eigenvalue weighted by Crippen LogP contribution is -2.29. The van der Waals surface area contributed by atoms with Crippen molar-refractivity contribution in [3.63, 3.8) is 0 Å². The van der Waals surface area contributed by atoms with Gasteiger partial charge in [-0.15, -0.1) is 0 Å². The fourth-order valence-corrected chi connectivity index (χ4v) is 1.07. The van der Waals surface area contributed by atoms with Crippen LogP contribution in [-0.4, -0.2) is 36.8 Å². The van der Waals surface area contributed by atoms with Crippen molar-refractivity contribution in [1.82, 2.24) is 10.3 Å². The van der Waals surface area contributed by atoms with Crippen LogP contribution in [0.1, 0.15) is 10.4 Å². The SMILES string of the molecule is Nc1ccc(C(=O)NCCOCC(F)(F)F)cn1. The van der Waals surface area contributed by atoms with Crippen LogP contribution < -0.4 is 11.1 Å². The van der Waals surface area contributed by atoms with Crippen LogP contribution in [-0.2, 0) is 4.74 Å². The second-order valence-electron chi connectivity index (χ2n) is 3.40. The minimum Gasteiger partial charge on any atom is -0.384 e. The molecule has 1 rings (SSSR count). The van der Waals surface area contributed by atoms with Gasteiger partial charge in [0.2, 0.25) is 0 Å². The maximum Gasteiger partial charge on any atom is 0.411 e. The summed E-state index contributed by atoms with van der Waals surface area (Å²) in [5.41, 5.74) is 5.62. The molecule has 8 heteroatoms. The molecule has 3 N–H and O–H groups in total. The Kier molecular flexibility index (Phi) is 4.90. The molecule has 0 fully saturated rings. The number of ether oxygens (including phenoxy) is 1. The van der Waals surface area contributed by atoms with Crippen molar-refractivity contribution >= 4 is 11.7 Å². The van der Waals surface area contributed by atoms with Crippen LogP contribution in [0, 0.1) is 0 Å². The standard InChI is InChI=1S/C10H12F3N3O2/c11-10(12,13)6-18-4-3-15-9(17)7-1-2-8(14)16-5-7/h1-2,5H,3-4,6H2,(H2,14,16)(H,15,17). The fourth-order valence-electron chi connectivity index (χ4n) is 1.07. The van der Waals surface area contributed by atoms with E-state index in [0.29, 0.717) is 0 Å². The Bertz CT molecular complexity index is 392. The van der Waals surface area contributed by atoms with E-state index in [1.54, 1.807) is 0 Å². The summed E-state index contributed by atoms with van der Waals surface area (Å²) in [6, 6.07) is 2.92. The highest BCUT2D eigenvalue weighted by Gasteiger charge is 2.27. The van der Waals surface area contributed by atoms with E-state index in [0.717, 1.165) is 0 Å². The molecule has 1 aromatic rings. The number of nitrogen functional groups attached to an aromatic ring is 1. The third kappa shape index (κ3) is 5.48. The third-order valence-corrected chi connectivity index (χ3v) is 1.85. The lowest BCUT2D eigenvalue weighted by molar-refractivity contribution is -0.173. The van der Waals surface area contributed by atoms with Gasteiger partial charge in [-0.2, -0.15) is 13.2 Å². The van der Waals surface area contributed by atoms with Gasteiger partial charge < -0.3 is 15.8 Å². The number of hydrogen-bond acceptors (Lipinski definition) is 4. The molecule has 0 unspecified atom stereocenters. The van der Waals surface area contributed by atoms with Gasteiger partial charge >= 0.3 is 6.18 Å². The monoisotopic (exact) mass is 263 g/mol. The Morgan fingerprint density at radius 2 is 2.17 bits per heavy atom. The predicted molar refractivity (Wildman–Crippen MR) is 57.9 cm³/mol. The lowest BCUT2D eigenvalue weighted by atomic mass is 10.2. The van der Waals surface area contributed by atoms with E-state index in [2.05, 4.69) is 15.0 Å². The lowest BCUT2D eigenvalue weighted by Gasteiger charge is -2.08. The van der Waals surface area contributed by atoms with E-state index in [9.17, 15) is 18.0 Å². The number of nitrogens with one attached hydrogen (secondary N) is 1. The highest BCUT2D eigenvalue weighted by molar-refractivity contribution is 5.93. The highest BCUT2D eigenvalue weighted by atomic mass is 19.4. The number of amides is 1. The quantitative estimate of drug-likeness (QED) is 0.776. The van der Waals surface area contributed by atoms with E-state index in [1.165, 1.54) is 18.3 Å². The zero-order valence-electron chi connectivity index (χ0n) is 9.33. The molecule has 0 aliphatic rings. The summed E-state index contributed by atoms with van der Waals surface area (Å²) in [6.07, 6.45) is -3.08. The summed E-state index contributed by atoms with van der Waals surface area (Å²) in [5.74, 6) is -0.168.